The van der Waals surface area contributed by atoms with Gasteiger partial charge in [0.25, 0.3) is 0 Å². The summed E-state index contributed by atoms with van der Waals surface area (Å²) in [6.07, 6.45) is 1.99. The zero-order valence-corrected chi connectivity index (χ0v) is 17.3. The van der Waals surface area contributed by atoms with E-state index in [9.17, 15) is 13.2 Å². The maximum atomic E-state index is 12.0. The van der Waals surface area contributed by atoms with Crippen LogP contribution in [0.2, 0.25) is 5.02 Å². The molecule has 150 valence electrons. The van der Waals surface area contributed by atoms with Gasteiger partial charge in [-0.3, -0.25) is 4.90 Å². The molecular formula is C20H24ClN3O3S. The van der Waals surface area contributed by atoms with Crippen molar-refractivity contribution in [2.24, 2.45) is 0 Å². The van der Waals surface area contributed by atoms with E-state index in [0.29, 0.717) is 36.8 Å². The van der Waals surface area contributed by atoms with E-state index >= 15 is 0 Å². The Labute approximate surface area is 170 Å². The average molecular weight is 422 g/mol. The van der Waals surface area contributed by atoms with Crippen molar-refractivity contribution in [1.29, 1.82) is 0 Å². The van der Waals surface area contributed by atoms with Crippen molar-refractivity contribution >= 4 is 33.2 Å². The molecule has 2 N–H and O–H groups in total. The lowest BCUT2D eigenvalue weighted by Gasteiger charge is -2.16. The first-order valence-corrected chi connectivity index (χ1v) is 11.4. The minimum atomic E-state index is -2.98. The van der Waals surface area contributed by atoms with Gasteiger partial charge in [0, 0.05) is 36.6 Å². The first-order valence-electron chi connectivity index (χ1n) is 9.09. The molecule has 0 spiro atoms. The van der Waals surface area contributed by atoms with E-state index in [0.717, 1.165) is 17.7 Å². The average Bonchev–Trinajstić information content (AvgIpc) is 3.12. The van der Waals surface area contributed by atoms with E-state index in [4.69, 9.17) is 11.6 Å². The molecule has 1 heterocycles. The van der Waals surface area contributed by atoms with E-state index in [1.165, 1.54) is 6.26 Å². The Bertz CT molecular complexity index is 915. The molecule has 2 aromatic carbocycles. The van der Waals surface area contributed by atoms with Crippen molar-refractivity contribution in [2.45, 2.75) is 24.8 Å². The van der Waals surface area contributed by atoms with Crippen LogP contribution in [0.4, 0.5) is 10.5 Å². The van der Waals surface area contributed by atoms with E-state index in [2.05, 4.69) is 15.5 Å². The number of rotatable bonds is 6. The standard InChI is InChI=1S/C20H24ClN3O3S/c1-28(26,27)19-10-11-24(14-19)13-16-4-8-18(9-5-16)23-20(25)22-12-15-2-6-17(21)7-3-15/h2-9,19H,10-14H2,1H3,(H2,22,23,25). The van der Waals surface area contributed by atoms with E-state index < -0.39 is 9.84 Å². The van der Waals surface area contributed by atoms with Crippen LogP contribution in [0, 0.1) is 0 Å². The minimum absolute atomic E-state index is 0.266. The van der Waals surface area contributed by atoms with Crippen LogP contribution < -0.4 is 10.6 Å². The Morgan fingerprint density at radius 1 is 1.11 bits per heavy atom. The van der Waals surface area contributed by atoms with Crippen molar-refractivity contribution in [1.82, 2.24) is 10.2 Å². The van der Waals surface area contributed by atoms with Crippen LogP contribution in [0.3, 0.4) is 0 Å². The summed E-state index contributed by atoms with van der Waals surface area (Å²) in [6, 6.07) is 14.6. The highest BCUT2D eigenvalue weighted by molar-refractivity contribution is 7.91. The van der Waals surface area contributed by atoms with E-state index in [-0.39, 0.29) is 11.3 Å². The van der Waals surface area contributed by atoms with Crippen molar-refractivity contribution in [2.75, 3.05) is 24.7 Å². The van der Waals surface area contributed by atoms with Gasteiger partial charge >= 0.3 is 6.03 Å². The van der Waals surface area contributed by atoms with Crippen molar-refractivity contribution in [3.63, 3.8) is 0 Å². The summed E-state index contributed by atoms with van der Waals surface area (Å²) in [6.45, 7) is 2.48. The third kappa shape index (κ3) is 5.95. The van der Waals surface area contributed by atoms with Crippen LogP contribution in [0.15, 0.2) is 48.5 Å². The molecule has 1 aliphatic heterocycles. The first kappa shape index (κ1) is 20.6. The second-order valence-electron chi connectivity index (χ2n) is 7.11. The molecule has 0 bridgehead atoms. The number of carbonyl (C=O) groups excluding carboxylic acids is 1. The molecule has 0 aliphatic carbocycles. The number of halogens is 1. The predicted octanol–water partition coefficient (Wildman–Crippen LogP) is 3.28. The van der Waals surface area contributed by atoms with Gasteiger partial charge < -0.3 is 10.6 Å². The molecule has 6 nitrogen and oxygen atoms in total. The summed E-state index contributed by atoms with van der Waals surface area (Å²) < 4.78 is 23.3. The summed E-state index contributed by atoms with van der Waals surface area (Å²) in [5, 5.41) is 6.00. The maximum absolute atomic E-state index is 12.0. The summed E-state index contributed by atoms with van der Waals surface area (Å²) in [5.41, 5.74) is 2.75. The second-order valence-corrected chi connectivity index (χ2v) is 9.87. The minimum Gasteiger partial charge on any atom is -0.334 e. The molecule has 3 rings (SSSR count). The Morgan fingerprint density at radius 2 is 1.75 bits per heavy atom. The topological polar surface area (TPSA) is 78.5 Å². The number of sulfone groups is 1. The van der Waals surface area contributed by atoms with Gasteiger partial charge in [0.05, 0.1) is 5.25 Å². The molecule has 1 aliphatic rings. The molecule has 2 amide bonds. The molecule has 1 unspecified atom stereocenters. The molecular weight excluding hydrogens is 398 g/mol. The number of urea groups is 1. The Hall–Kier alpha value is -2.09. The Kier molecular flexibility index (Phi) is 6.59. The van der Waals surface area contributed by atoms with E-state index in [1.807, 2.05) is 36.4 Å². The van der Waals surface area contributed by atoms with Crippen LogP contribution in [-0.2, 0) is 22.9 Å². The second kappa shape index (κ2) is 8.94. The van der Waals surface area contributed by atoms with Gasteiger partial charge in [-0.2, -0.15) is 0 Å². The molecule has 0 aromatic heterocycles. The molecule has 28 heavy (non-hydrogen) atoms. The van der Waals surface area contributed by atoms with Gasteiger partial charge in [0.15, 0.2) is 9.84 Å². The number of amides is 2. The number of nitrogens with zero attached hydrogens (tertiary/aromatic N) is 1. The number of nitrogens with one attached hydrogen (secondary N) is 2. The number of benzene rings is 2. The number of carbonyl (C=O) groups is 1. The summed E-state index contributed by atoms with van der Waals surface area (Å²) in [4.78, 5) is 14.2. The van der Waals surface area contributed by atoms with Crippen molar-refractivity contribution in [3.05, 3.63) is 64.7 Å². The monoisotopic (exact) mass is 421 g/mol. The van der Waals surface area contributed by atoms with Gasteiger partial charge in [0.1, 0.15) is 0 Å². The summed E-state index contributed by atoms with van der Waals surface area (Å²) in [7, 11) is -2.98. The molecule has 1 fully saturated rings. The fraction of sp³-hybridized carbons (Fsp3) is 0.350. The SMILES string of the molecule is CS(=O)(=O)C1CCN(Cc2ccc(NC(=O)NCc3ccc(Cl)cc3)cc2)C1. The maximum Gasteiger partial charge on any atom is 0.319 e. The highest BCUT2D eigenvalue weighted by Gasteiger charge is 2.29. The highest BCUT2D eigenvalue weighted by Crippen LogP contribution is 2.19. The van der Waals surface area contributed by atoms with Crippen LogP contribution in [0.1, 0.15) is 17.5 Å². The number of hydrogen-bond donors (Lipinski definition) is 2. The third-order valence-corrected chi connectivity index (χ3v) is 6.67. The van der Waals surface area contributed by atoms with Gasteiger partial charge in [-0.05, 0) is 48.4 Å². The zero-order valence-electron chi connectivity index (χ0n) is 15.7. The quantitative estimate of drug-likeness (QED) is 0.750. The molecule has 1 saturated heterocycles. The number of anilines is 1. The molecule has 1 atom stereocenters. The Balaban J connectivity index is 1.46. The lowest BCUT2D eigenvalue weighted by Crippen LogP contribution is -2.28. The lowest BCUT2D eigenvalue weighted by molar-refractivity contribution is 0.251. The summed E-state index contributed by atoms with van der Waals surface area (Å²) >= 11 is 5.85. The molecule has 0 radical (unpaired) electrons. The molecule has 2 aromatic rings. The van der Waals surface area contributed by atoms with Crippen molar-refractivity contribution in [3.8, 4) is 0 Å². The van der Waals surface area contributed by atoms with Gasteiger partial charge in [-0.1, -0.05) is 35.9 Å². The first-order chi connectivity index (χ1) is 13.3. The molecule has 8 heteroatoms. The Morgan fingerprint density at radius 3 is 2.36 bits per heavy atom. The highest BCUT2D eigenvalue weighted by atomic mass is 35.5. The lowest BCUT2D eigenvalue weighted by atomic mass is 10.2. The number of likely N-dealkylation sites (tertiary alicyclic amines) is 1. The zero-order chi connectivity index (χ0) is 20.1. The molecule has 0 saturated carbocycles. The van der Waals surface area contributed by atoms with Crippen LogP contribution in [0.25, 0.3) is 0 Å². The van der Waals surface area contributed by atoms with Crippen molar-refractivity contribution < 1.29 is 13.2 Å². The smallest absolute Gasteiger partial charge is 0.319 e. The van der Waals surface area contributed by atoms with E-state index in [1.54, 1.807) is 12.1 Å². The van der Waals surface area contributed by atoms with Gasteiger partial charge in [0.2, 0.25) is 0 Å². The largest absolute Gasteiger partial charge is 0.334 e. The fourth-order valence-corrected chi connectivity index (χ4v) is 4.34. The van der Waals surface area contributed by atoms with Crippen LogP contribution >= 0.6 is 11.6 Å². The van der Waals surface area contributed by atoms with Crippen LogP contribution in [-0.4, -0.2) is 43.9 Å². The normalized spacial score (nSPS) is 17.4. The predicted molar refractivity (Wildman–Crippen MR) is 112 cm³/mol. The fourth-order valence-electron chi connectivity index (χ4n) is 3.20. The number of hydrogen-bond acceptors (Lipinski definition) is 4. The summed E-state index contributed by atoms with van der Waals surface area (Å²) in [5.74, 6) is 0. The van der Waals surface area contributed by atoms with Crippen LogP contribution in [0.5, 0.6) is 0 Å². The van der Waals surface area contributed by atoms with Gasteiger partial charge in [-0.15, -0.1) is 0 Å². The van der Waals surface area contributed by atoms with Gasteiger partial charge in [-0.25, -0.2) is 13.2 Å². The third-order valence-electron chi connectivity index (χ3n) is 4.82.